The Morgan fingerprint density at radius 3 is 2.74 bits per heavy atom. The van der Waals surface area contributed by atoms with Crippen molar-refractivity contribution in [2.24, 2.45) is 5.92 Å². The molecule has 0 aromatic carbocycles. The molecular weight excluding hydrogens is 244 g/mol. The van der Waals surface area contributed by atoms with Crippen LogP contribution in [0.3, 0.4) is 0 Å². The number of rotatable bonds is 4. The van der Waals surface area contributed by atoms with Gasteiger partial charge in [0, 0.05) is 18.3 Å². The van der Waals surface area contributed by atoms with E-state index in [0.29, 0.717) is 18.5 Å². The predicted octanol–water partition coefficient (Wildman–Crippen LogP) is 2.05. The Morgan fingerprint density at radius 1 is 1.42 bits per heavy atom. The zero-order valence-electron chi connectivity index (χ0n) is 11.3. The van der Waals surface area contributed by atoms with Crippen molar-refractivity contribution in [3.63, 3.8) is 0 Å². The first-order chi connectivity index (χ1) is 8.99. The van der Waals surface area contributed by atoms with Crippen molar-refractivity contribution in [2.75, 3.05) is 0 Å². The summed E-state index contributed by atoms with van der Waals surface area (Å²) in [5.41, 5.74) is 0.633. The van der Waals surface area contributed by atoms with Crippen molar-refractivity contribution in [2.45, 2.75) is 45.2 Å². The Morgan fingerprint density at radius 2 is 2.16 bits per heavy atom. The van der Waals surface area contributed by atoms with Crippen LogP contribution in [0.25, 0.3) is 0 Å². The lowest BCUT2D eigenvalue weighted by atomic mass is 10.1. The zero-order chi connectivity index (χ0) is 14.0. The summed E-state index contributed by atoms with van der Waals surface area (Å²) in [6.45, 7) is 4.04. The number of aromatic nitrogens is 1. The first-order valence-electron chi connectivity index (χ1n) is 6.69. The molecule has 2 unspecified atom stereocenters. The molecular formula is C14H20N2O3. The molecule has 5 nitrogen and oxygen atoms in total. The van der Waals surface area contributed by atoms with E-state index in [2.05, 4.69) is 5.32 Å². The molecule has 2 atom stereocenters. The predicted molar refractivity (Wildman–Crippen MR) is 71.0 cm³/mol. The van der Waals surface area contributed by atoms with Gasteiger partial charge in [-0.3, -0.25) is 9.59 Å². The highest BCUT2D eigenvalue weighted by molar-refractivity contribution is 5.93. The van der Waals surface area contributed by atoms with Crippen molar-refractivity contribution < 1.29 is 14.7 Å². The van der Waals surface area contributed by atoms with Crippen LogP contribution < -0.4 is 5.32 Å². The smallest absolute Gasteiger partial charge is 0.306 e. The molecule has 19 heavy (non-hydrogen) atoms. The van der Waals surface area contributed by atoms with Gasteiger partial charge in [-0.2, -0.15) is 0 Å². The first-order valence-corrected chi connectivity index (χ1v) is 6.69. The Hall–Kier alpha value is -1.78. The fourth-order valence-corrected chi connectivity index (χ4v) is 2.63. The monoisotopic (exact) mass is 264 g/mol. The maximum atomic E-state index is 12.2. The average Bonchev–Trinajstić information content (AvgIpc) is 2.96. The molecule has 1 aliphatic rings. The Labute approximate surface area is 112 Å². The van der Waals surface area contributed by atoms with E-state index in [-0.39, 0.29) is 23.9 Å². The topological polar surface area (TPSA) is 71.3 Å². The lowest BCUT2D eigenvalue weighted by molar-refractivity contribution is -0.141. The number of amides is 1. The van der Waals surface area contributed by atoms with Crippen molar-refractivity contribution in [3.05, 3.63) is 24.0 Å². The minimum Gasteiger partial charge on any atom is -0.481 e. The van der Waals surface area contributed by atoms with Gasteiger partial charge < -0.3 is 15.0 Å². The van der Waals surface area contributed by atoms with Gasteiger partial charge in [0.15, 0.2) is 0 Å². The number of aliphatic carboxylic acids is 1. The van der Waals surface area contributed by atoms with Gasteiger partial charge in [0.05, 0.1) is 5.92 Å². The summed E-state index contributed by atoms with van der Waals surface area (Å²) in [7, 11) is 0. The van der Waals surface area contributed by atoms with Crippen molar-refractivity contribution in [1.82, 2.24) is 9.88 Å². The lowest BCUT2D eigenvalue weighted by Crippen LogP contribution is -2.34. The van der Waals surface area contributed by atoms with Crippen LogP contribution in [0.4, 0.5) is 0 Å². The number of hydrogen-bond donors (Lipinski definition) is 2. The van der Waals surface area contributed by atoms with E-state index in [1.807, 2.05) is 30.7 Å². The van der Waals surface area contributed by atoms with Crippen molar-refractivity contribution in [3.8, 4) is 0 Å². The summed E-state index contributed by atoms with van der Waals surface area (Å²) < 4.78 is 1.92. The third-order valence-corrected chi connectivity index (χ3v) is 3.68. The minimum absolute atomic E-state index is 0.0240. The summed E-state index contributed by atoms with van der Waals surface area (Å²) in [5.74, 6) is -1.20. The van der Waals surface area contributed by atoms with Gasteiger partial charge in [-0.1, -0.05) is 0 Å². The van der Waals surface area contributed by atoms with Crippen LogP contribution in [-0.2, 0) is 4.79 Å². The van der Waals surface area contributed by atoms with Crippen LogP contribution in [0.5, 0.6) is 0 Å². The summed E-state index contributed by atoms with van der Waals surface area (Å²) in [5, 5.41) is 11.9. The summed E-state index contributed by atoms with van der Waals surface area (Å²) >= 11 is 0. The first kappa shape index (κ1) is 13.6. The number of carboxylic acid groups (broad SMARTS) is 1. The molecule has 1 saturated carbocycles. The van der Waals surface area contributed by atoms with Crippen molar-refractivity contribution >= 4 is 11.9 Å². The van der Waals surface area contributed by atoms with Gasteiger partial charge in [0.2, 0.25) is 0 Å². The van der Waals surface area contributed by atoms with Crippen molar-refractivity contribution in [1.29, 1.82) is 0 Å². The third-order valence-electron chi connectivity index (χ3n) is 3.68. The van der Waals surface area contributed by atoms with E-state index in [1.54, 1.807) is 6.07 Å². The summed E-state index contributed by atoms with van der Waals surface area (Å²) in [6, 6.07) is 3.85. The molecule has 5 heteroatoms. The van der Waals surface area contributed by atoms with Gasteiger partial charge in [0.1, 0.15) is 5.69 Å². The quantitative estimate of drug-likeness (QED) is 0.874. The highest BCUT2D eigenvalue weighted by Crippen LogP contribution is 2.26. The van der Waals surface area contributed by atoms with E-state index >= 15 is 0 Å². The molecule has 0 radical (unpaired) electrons. The Bertz CT molecular complexity index is 479. The second-order valence-electron chi connectivity index (χ2n) is 5.41. The standard InChI is InChI=1S/C14H20N2O3/c1-9(2)16-7-3-4-12(16)13(17)15-11-6-5-10(8-11)14(18)19/h3-4,7,9-11H,5-6,8H2,1-2H3,(H,15,17)(H,18,19). The van der Waals surface area contributed by atoms with Gasteiger partial charge in [-0.05, 0) is 45.2 Å². The molecule has 1 amide bonds. The average molecular weight is 264 g/mol. The van der Waals surface area contributed by atoms with E-state index in [4.69, 9.17) is 5.11 Å². The Balaban J connectivity index is 1.98. The second-order valence-corrected chi connectivity index (χ2v) is 5.41. The molecule has 2 rings (SSSR count). The minimum atomic E-state index is -0.762. The molecule has 104 valence electrons. The van der Waals surface area contributed by atoms with Crippen LogP contribution >= 0.6 is 0 Å². The molecule has 0 bridgehead atoms. The molecule has 0 saturated heterocycles. The highest BCUT2D eigenvalue weighted by Gasteiger charge is 2.31. The third kappa shape index (κ3) is 2.97. The van der Waals surface area contributed by atoms with Crippen LogP contribution in [-0.4, -0.2) is 27.6 Å². The number of carbonyl (C=O) groups excluding carboxylic acids is 1. The van der Waals surface area contributed by atoms with Gasteiger partial charge in [-0.25, -0.2) is 0 Å². The Kier molecular flexibility index (Phi) is 3.93. The molecule has 1 fully saturated rings. The highest BCUT2D eigenvalue weighted by atomic mass is 16.4. The number of nitrogens with zero attached hydrogens (tertiary/aromatic N) is 1. The normalized spacial score (nSPS) is 22.7. The molecule has 1 aromatic heterocycles. The SMILES string of the molecule is CC(C)n1cccc1C(=O)NC1CCC(C(=O)O)C1. The summed E-state index contributed by atoms with van der Waals surface area (Å²) in [6.07, 6.45) is 3.80. The largest absolute Gasteiger partial charge is 0.481 e. The lowest BCUT2D eigenvalue weighted by Gasteiger charge is -2.16. The van der Waals surface area contributed by atoms with Crippen LogP contribution in [0, 0.1) is 5.92 Å². The molecule has 0 aliphatic heterocycles. The molecule has 1 aliphatic carbocycles. The maximum absolute atomic E-state index is 12.2. The van der Waals surface area contributed by atoms with E-state index in [1.165, 1.54) is 0 Å². The summed E-state index contributed by atoms with van der Waals surface area (Å²) in [4.78, 5) is 23.1. The second kappa shape index (κ2) is 5.47. The van der Waals surface area contributed by atoms with Gasteiger partial charge in [-0.15, -0.1) is 0 Å². The zero-order valence-corrected chi connectivity index (χ0v) is 11.3. The fraction of sp³-hybridized carbons (Fsp3) is 0.571. The molecule has 0 spiro atoms. The molecule has 2 N–H and O–H groups in total. The van der Waals surface area contributed by atoms with E-state index in [9.17, 15) is 9.59 Å². The number of carboxylic acids is 1. The number of hydrogen-bond acceptors (Lipinski definition) is 2. The molecule has 1 aromatic rings. The van der Waals surface area contributed by atoms with Gasteiger partial charge in [0.25, 0.3) is 5.91 Å². The van der Waals surface area contributed by atoms with Crippen LogP contribution in [0.2, 0.25) is 0 Å². The molecule has 1 heterocycles. The number of nitrogens with one attached hydrogen (secondary N) is 1. The number of carbonyl (C=O) groups is 2. The van der Waals surface area contributed by atoms with E-state index in [0.717, 1.165) is 6.42 Å². The van der Waals surface area contributed by atoms with Crippen LogP contribution in [0.1, 0.15) is 49.6 Å². The van der Waals surface area contributed by atoms with E-state index < -0.39 is 5.97 Å². The fourth-order valence-electron chi connectivity index (χ4n) is 2.63. The van der Waals surface area contributed by atoms with Crippen LogP contribution in [0.15, 0.2) is 18.3 Å². The van der Waals surface area contributed by atoms with Gasteiger partial charge >= 0.3 is 5.97 Å². The maximum Gasteiger partial charge on any atom is 0.306 e.